The number of aryl methyl sites for hydroxylation is 1. The van der Waals surface area contributed by atoms with Gasteiger partial charge in [-0.05, 0) is 53.7 Å². The molecule has 0 spiro atoms. The normalized spacial score (nSPS) is 11.4. The van der Waals surface area contributed by atoms with Crippen molar-refractivity contribution in [3.8, 4) is 28.3 Å². The average molecular weight is 372 g/mol. The molecule has 0 aliphatic rings. The van der Waals surface area contributed by atoms with E-state index in [0.29, 0.717) is 11.3 Å². The van der Waals surface area contributed by atoms with Crippen LogP contribution in [0.25, 0.3) is 33.8 Å². The minimum absolute atomic E-state index is 0.263. The third kappa shape index (κ3) is 2.37. The number of anilines is 1. The van der Waals surface area contributed by atoms with Crippen molar-refractivity contribution >= 4 is 17.1 Å². The smallest absolute Gasteiger partial charge is 0.222 e. The van der Waals surface area contributed by atoms with Gasteiger partial charge >= 0.3 is 0 Å². The van der Waals surface area contributed by atoms with E-state index in [1.54, 1.807) is 11.6 Å². The number of hydrogen-bond acceptors (Lipinski definition) is 7. The number of nitrogens with two attached hydrogens (primary N) is 1. The van der Waals surface area contributed by atoms with Crippen LogP contribution in [0, 0.1) is 6.92 Å². The molecular formula is C19H16N8O. The predicted octanol–water partition coefficient (Wildman–Crippen LogP) is 2.40. The van der Waals surface area contributed by atoms with Gasteiger partial charge in [-0.25, -0.2) is 9.97 Å². The van der Waals surface area contributed by atoms with Gasteiger partial charge in [-0.1, -0.05) is 0 Å². The lowest BCUT2D eigenvalue weighted by Crippen LogP contribution is -2.05. The molecule has 4 aromatic heterocycles. The van der Waals surface area contributed by atoms with Gasteiger partial charge in [0, 0.05) is 29.2 Å². The average Bonchev–Trinajstić information content (AvgIpc) is 3.35. The number of imidazole rings is 1. The van der Waals surface area contributed by atoms with Crippen molar-refractivity contribution in [3.05, 3.63) is 54.5 Å². The van der Waals surface area contributed by atoms with Crippen LogP contribution in [-0.2, 0) is 0 Å². The van der Waals surface area contributed by atoms with Gasteiger partial charge in [0.25, 0.3) is 0 Å². The molecule has 2 N–H and O–H groups in total. The van der Waals surface area contributed by atoms with Gasteiger partial charge < -0.3 is 14.9 Å². The highest BCUT2D eigenvalue weighted by atomic mass is 16.5. The third-order valence-electron chi connectivity index (χ3n) is 4.69. The van der Waals surface area contributed by atoms with Crippen LogP contribution in [-0.4, -0.2) is 41.5 Å². The van der Waals surface area contributed by atoms with Crippen LogP contribution in [0.15, 0.2) is 48.8 Å². The second kappa shape index (κ2) is 6.02. The van der Waals surface area contributed by atoms with E-state index < -0.39 is 0 Å². The van der Waals surface area contributed by atoms with Gasteiger partial charge in [-0.15, -0.1) is 5.10 Å². The maximum Gasteiger partial charge on any atom is 0.222 e. The molecule has 0 aliphatic heterocycles. The second-order valence-corrected chi connectivity index (χ2v) is 6.38. The van der Waals surface area contributed by atoms with Crippen LogP contribution in [0.5, 0.6) is 5.75 Å². The summed E-state index contributed by atoms with van der Waals surface area (Å²) in [5.74, 6) is 1.02. The van der Waals surface area contributed by atoms with Crippen LogP contribution >= 0.6 is 0 Å². The fourth-order valence-corrected chi connectivity index (χ4v) is 3.27. The SMILES string of the molecule is COc1ccc(-c2nc(N)c3nnnn3c2-c2ccc3ncc(C)n3c2)cc1. The van der Waals surface area contributed by atoms with Gasteiger partial charge in [0.1, 0.15) is 17.1 Å². The van der Waals surface area contributed by atoms with E-state index in [4.69, 9.17) is 10.5 Å². The van der Waals surface area contributed by atoms with E-state index >= 15 is 0 Å². The first-order valence-electron chi connectivity index (χ1n) is 8.62. The van der Waals surface area contributed by atoms with Crippen molar-refractivity contribution in [3.63, 3.8) is 0 Å². The Morgan fingerprint density at radius 2 is 1.82 bits per heavy atom. The Balaban J connectivity index is 1.83. The molecule has 1 aromatic carbocycles. The molecule has 4 heterocycles. The molecule has 0 radical (unpaired) electrons. The fraction of sp³-hybridized carbons (Fsp3) is 0.105. The van der Waals surface area contributed by atoms with E-state index in [1.807, 2.05) is 60.1 Å². The Hall–Kier alpha value is -4.01. The van der Waals surface area contributed by atoms with E-state index in [0.717, 1.165) is 33.9 Å². The number of methoxy groups -OCH3 is 1. The van der Waals surface area contributed by atoms with Crippen molar-refractivity contribution in [2.24, 2.45) is 0 Å². The molecule has 0 saturated carbocycles. The number of tetrazole rings is 1. The number of pyridine rings is 1. The van der Waals surface area contributed by atoms with Crippen molar-refractivity contribution in [1.29, 1.82) is 0 Å². The molecule has 138 valence electrons. The third-order valence-corrected chi connectivity index (χ3v) is 4.69. The molecule has 0 saturated heterocycles. The van der Waals surface area contributed by atoms with Gasteiger partial charge in [0.05, 0.1) is 12.8 Å². The van der Waals surface area contributed by atoms with Crippen molar-refractivity contribution < 1.29 is 4.74 Å². The zero-order chi connectivity index (χ0) is 19.3. The summed E-state index contributed by atoms with van der Waals surface area (Å²) in [5.41, 5.74) is 11.6. The summed E-state index contributed by atoms with van der Waals surface area (Å²) in [6.07, 6.45) is 3.83. The van der Waals surface area contributed by atoms with Crippen LogP contribution in [0.2, 0.25) is 0 Å². The molecule has 28 heavy (non-hydrogen) atoms. The highest BCUT2D eigenvalue weighted by Crippen LogP contribution is 2.33. The standard InChI is InChI=1S/C19H16N8O/c1-11-9-21-15-8-5-13(10-26(11)15)17-16(12-3-6-14(28-2)7-4-12)22-18(20)19-23-24-25-27(17)19/h3-10H,1-2H3,(H2,20,22). The van der Waals surface area contributed by atoms with Crippen LogP contribution in [0.4, 0.5) is 5.82 Å². The molecule has 5 rings (SSSR count). The molecule has 0 bridgehead atoms. The molecule has 0 atom stereocenters. The number of ether oxygens (including phenoxy) is 1. The molecule has 9 nitrogen and oxygen atoms in total. The van der Waals surface area contributed by atoms with Gasteiger partial charge in [-0.2, -0.15) is 4.52 Å². The lowest BCUT2D eigenvalue weighted by Gasteiger charge is -2.13. The zero-order valence-corrected chi connectivity index (χ0v) is 15.2. The summed E-state index contributed by atoms with van der Waals surface area (Å²) in [7, 11) is 1.63. The molecule has 0 fully saturated rings. The minimum Gasteiger partial charge on any atom is -0.497 e. The molecule has 0 amide bonds. The summed E-state index contributed by atoms with van der Waals surface area (Å²) >= 11 is 0. The van der Waals surface area contributed by atoms with Gasteiger partial charge in [0.15, 0.2) is 5.82 Å². The minimum atomic E-state index is 0.263. The predicted molar refractivity (Wildman–Crippen MR) is 104 cm³/mol. The summed E-state index contributed by atoms with van der Waals surface area (Å²) in [5, 5.41) is 11.9. The molecule has 9 heteroatoms. The molecule has 0 unspecified atom stereocenters. The highest BCUT2D eigenvalue weighted by molar-refractivity contribution is 5.82. The van der Waals surface area contributed by atoms with Crippen molar-refractivity contribution in [2.45, 2.75) is 6.92 Å². The van der Waals surface area contributed by atoms with Gasteiger partial charge in [0.2, 0.25) is 5.65 Å². The number of aromatic nitrogens is 7. The highest BCUT2D eigenvalue weighted by Gasteiger charge is 2.19. The lowest BCUT2D eigenvalue weighted by molar-refractivity contribution is 0.415. The molecule has 5 aromatic rings. The first-order chi connectivity index (χ1) is 13.7. The van der Waals surface area contributed by atoms with Crippen LogP contribution < -0.4 is 10.5 Å². The zero-order valence-electron chi connectivity index (χ0n) is 15.2. The van der Waals surface area contributed by atoms with E-state index in [1.165, 1.54) is 0 Å². The quantitative estimate of drug-likeness (QED) is 0.518. The number of nitrogens with zero attached hydrogens (tertiary/aromatic N) is 7. The number of benzene rings is 1. The topological polar surface area (TPSA) is 109 Å². The fourth-order valence-electron chi connectivity index (χ4n) is 3.27. The number of nitrogen functional groups attached to an aromatic ring is 1. The Labute approximate surface area is 159 Å². The maximum absolute atomic E-state index is 6.13. The lowest BCUT2D eigenvalue weighted by atomic mass is 10.0. The molecule has 0 aliphatic carbocycles. The Bertz CT molecular complexity index is 1320. The van der Waals surface area contributed by atoms with E-state index in [9.17, 15) is 0 Å². The van der Waals surface area contributed by atoms with E-state index in [2.05, 4.69) is 25.5 Å². The Morgan fingerprint density at radius 3 is 2.61 bits per heavy atom. The largest absolute Gasteiger partial charge is 0.497 e. The van der Waals surface area contributed by atoms with E-state index in [-0.39, 0.29) is 5.82 Å². The van der Waals surface area contributed by atoms with Crippen LogP contribution in [0.1, 0.15) is 5.69 Å². The first-order valence-corrected chi connectivity index (χ1v) is 8.62. The second-order valence-electron chi connectivity index (χ2n) is 6.38. The summed E-state index contributed by atoms with van der Waals surface area (Å²) in [4.78, 5) is 9.00. The summed E-state index contributed by atoms with van der Waals surface area (Å²) in [6.45, 7) is 2.00. The summed E-state index contributed by atoms with van der Waals surface area (Å²) in [6, 6.07) is 11.5. The first kappa shape index (κ1) is 16.2. The molecular weight excluding hydrogens is 356 g/mol. The number of fused-ring (bicyclic) bond motifs is 2. The maximum atomic E-state index is 6.13. The van der Waals surface area contributed by atoms with Gasteiger partial charge in [-0.3, -0.25) is 0 Å². The summed E-state index contributed by atoms with van der Waals surface area (Å²) < 4.78 is 8.89. The Morgan fingerprint density at radius 1 is 1.04 bits per heavy atom. The number of rotatable bonds is 3. The van der Waals surface area contributed by atoms with Crippen molar-refractivity contribution in [2.75, 3.05) is 12.8 Å². The van der Waals surface area contributed by atoms with Crippen LogP contribution in [0.3, 0.4) is 0 Å². The monoisotopic (exact) mass is 372 g/mol. The Kier molecular flexibility index (Phi) is 3.48. The van der Waals surface area contributed by atoms with Crippen molar-refractivity contribution in [1.82, 2.24) is 34.4 Å². The number of hydrogen-bond donors (Lipinski definition) is 1.